The fraction of sp³-hybridized carbons (Fsp3) is 0.250. The highest BCUT2D eigenvalue weighted by molar-refractivity contribution is 6.02. The molecular weight excluding hydrogens is 430 g/mol. The topological polar surface area (TPSA) is 77.0 Å². The van der Waals surface area contributed by atoms with E-state index >= 15 is 0 Å². The zero-order valence-electron chi connectivity index (χ0n) is 18.8. The molecule has 1 amide bonds. The number of hydrogen-bond donors (Lipinski definition) is 2. The number of aliphatic hydroxyl groups is 1. The first-order chi connectivity index (χ1) is 16.7. The number of hydrogen-bond acceptors (Lipinski definition) is 5. The lowest BCUT2D eigenvalue weighted by Gasteiger charge is -2.29. The van der Waals surface area contributed by atoms with Crippen LogP contribution in [0.25, 0.3) is 0 Å². The molecule has 5 rings (SSSR count). The van der Waals surface area contributed by atoms with Crippen molar-refractivity contribution in [3.05, 3.63) is 107 Å². The van der Waals surface area contributed by atoms with Crippen LogP contribution >= 0.6 is 0 Å². The van der Waals surface area contributed by atoms with Gasteiger partial charge in [0.2, 0.25) is 6.29 Å². The van der Waals surface area contributed by atoms with Crippen LogP contribution < -0.4 is 10.1 Å². The summed E-state index contributed by atoms with van der Waals surface area (Å²) in [4.78, 5) is 13.0. The van der Waals surface area contributed by atoms with Crippen molar-refractivity contribution in [3.8, 4) is 5.75 Å². The number of para-hydroxylation sites is 1. The molecule has 0 radical (unpaired) electrons. The average molecular weight is 458 g/mol. The minimum Gasteiger partial charge on any atom is -0.493 e. The van der Waals surface area contributed by atoms with Gasteiger partial charge in [0.15, 0.2) is 5.76 Å². The highest BCUT2D eigenvalue weighted by Gasteiger charge is 2.29. The molecule has 34 heavy (non-hydrogen) atoms. The largest absolute Gasteiger partial charge is 0.493 e. The molecule has 0 aliphatic carbocycles. The Morgan fingerprint density at radius 1 is 1.03 bits per heavy atom. The Morgan fingerprint density at radius 3 is 2.62 bits per heavy atom. The van der Waals surface area contributed by atoms with E-state index < -0.39 is 6.29 Å². The molecule has 2 heterocycles. The summed E-state index contributed by atoms with van der Waals surface area (Å²) in [6.07, 6.45) is 2.78. The van der Waals surface area contributed by atoms with Crippen molar-refractivity contribution < 1.29 is 24.1 Å². The summed E-state index contributed by atoms with van der Waals surface area (Å²) in [5, 5.41) is 12.1. The molecule has 174 valence electrons. The van der Waals surface area contributed by atoms with Crippen molar-refractivity contribution in [1.82, 2.24) is 0 Å². The Morgan fingerprint density at radius 2 is 1.82 bits per heavy atom. The molecule has 0 fully saturated rings. The van der Waals surface area contributed by atoms with Crippen LogP contribution in [0.5, 0.6) is 5.75 Å². The number of aliphatic hydroxyl groups excluding tert-OH is 1. The third-order valence-electron chi connectivity index (χ3n) is 6.10. The highest BCUT2D eigenvalue weighted by atomic mass is 16.7. The number of carbonyl (C=O) groups excluding carboxylic acids is 1. The molecule has 6 heteroatoms. The van der Waals surface area contributed by atoms with E-state index in [1.807, 2.05) is 60.7 Å². The first-order valence-electron chi connectivity index (χ1n) is 11.5. The maximum Gasteiger partial charge on any atom is 0.290 e. The number of nitrogens with one attached hydrogen (secondary N) is 1. The number of fused-ring (bicyclic) bond motifs is 1. The Balaban J connectivity index is 1.35. The lowest BCUT2D eigenvalue weighted by Crippen LogP contribution is -2.29. The first kappa shape index (κ1) is 22.2. The van der Waals surface area contributed by atoms with E-state index in [1.54, 1.807) is 0 Å². The molecule has 0 aromatic heterocycles. The quantitative estimate of drug-likeness (QED) is 0.539. The van der Waals surface area contributed by atoms with Gasteiger partial charge in [-0.2, -0.15) is 0 Å². The minimum atomic E-state index is -0.585. The van der Waals surface area contributed by atoms with E-state index in [2.05, 4.69) is 23.5 Å². The second-order valence-corrected chi connectivity index (χ2v) is 8.49. The average Bonchev–Trinajstić information content (AvgIpc) is 3.36. The summed E-state index contributed by atoms with van der Waals surface area (Å²) in [6, 6.07) is 23.1. The lowest BCUT2D eigenvalue weighted by atomic mass is 9.91. The van der Waals surface area contributed by atoms with Crippen molar-refractivity contribution in [2.75, 3.05) is 11.9 Å². The van der Waals surface area contributed by atoms with Crippen LogP contribution in [0.3, 0.4) is 0 Å². The van der Waals surface area contributed by atoms with Crippen LogP contribution in [0.1, 0.15) is 34.6 Å². The predicted molar refractivity (Wildman–Crippen MR) is 128 cm³/mol. The standard InChI is InChI=1S/C28H27NO5/c30-17-19-6-8-20(9-7-19)18-33-27-16-23(22-11-10-21-12-13-32-25(21)14-22)15-26(34-27)28(31)29-24-4-2-1-3-5-24/h1-11,14-15,23,27,30H,12-13,16-18H2,(H,29,31)/t23-,27+/m1/s1. The molecule has 2 aliphatic rings. The van der Waals surface area contributed by atoms with Gasteiger partial charge in [0, 0.05) is 24.4 Å². The molecule has 0 spiro atoms. The maximum absolute atomic E-state index is 13.0. The Kier molecular flexibility index (Phi) is 6.60. The maximum atomic E-state index is 13.0. The van der Waals surface area contributed by atoms with Crippen molar-refractivity contribution in [2.24, 2.45) is 0 Å². The lowest BCUT2D eigenvalue weighted by molar-refractivity contribution is -0.147. The van der Waals surface area contributed by atoms with Gasteiger partial charge >= 0.3 is 0 Å². The Hall–Kier alpha value is -3.61. The van der Waals surface area contributed by atoms with Crippen molar-refractivity contribution in [3.63, 3.8) is 0 Å². The monoisotopic (exact) mass is 457 g/mol. The zero-order valence-corrected chi connectivity index (χ0v) is 18.8. The molecule has 0 saturated carbocycles. The van der Waals surface area contributed by atoms with Crippen LogP contribution in [0.15, 0.2) is 84.6 Å². The number of anilines is 1. The van der Waals surface area contributed by atoms with Gasteiger partial charge in [0.1, 0.15) is 5.75 Å². The van der Waals surface area contributed by atoms with Gasteiger partial charge in [-0.15, -0.1) is 0 Å². The number of amides is 1. The summed E-state index contributed by atoms with van der Waals surface area (Å²) in [6.45, 7) is 1.04. The molecule has 2 atom stereocenters. The minimum absolute atomic E-state index is 0.00370. The molecule has 2 aliphatic heterocycles. The Bertz CT molecular complexity index is 1170. The first-order valence-corrected chi connectivity index (χ1v) is 11.5. The van der Waals surface area contributed by atoms with Gasteiger partial charge in [0.05, 0.1) is 19.8 Å². The number of benzene rings is 3. The van der Waals surface area contributed by atoms with E-state index in [0.29, 0.717) is 25.3 Å². The molecule has 0 unspecified atom stereocenters. The van der Waals surface area contributed by atoms with E-state index in [9.17, 15) is 9.90 Å². The van der Waals surface area contributed by atoms with Crippen LogP contribution in [-0.2, 0) is 33.9 Å². The fourth-order valence-electron chi connectivity index (χ4n) is 4.21. The van der Waals surface area contributed by atoms with Gasteiger partial charge < -0.3 is 24.6 Å². The van der Waals surface area contributed by atoms with Gasteiger partial charge in [0.25, 0.3) is 5.91 Å². The third kappa shape index (κ3) is 5.14. The van der Waals surface area contributed by atoms with Crippen LogP contribution in [0.2, 0.25) is 0 Å². The number of rotatable bonds is 7. The summed E-state index contributed by atoms with van der Waals surface area (Å²) in [5.41, 5.74) is 4.79. The molecule has 2 N–H and O–H groups in total. The van der Waals surface area contributed by atoms with E-state index in [-0.39, 0.29) is 24.2 Å². The summed E-state index contributed by atoms with van der Waals surface area (Å²) in [7, 11) is 0. The van der Waals surface area contributed by atoms with E-state index in [0.717, 1.165) is 28.9 Å². The number of ether oxygens (including phenoxy) is 3. The molecule has 0 saturated heterocycles. The molecule has 3 aromatic carbocycles. The molecule has 3 aromatic rings. The summed E-state index contributed by atoms with van der Waals surface area (Å²) in [5.74, 6) is 0.784. The molecule has 0 bridgehead atoms. The number of allylic oxidation sites excluding steroid dienone is 1. The Labute approximate surface area is 198 Å². The normalized spacial score (nSPS) is 18.9. The van der Waals surface area contributed by atoms with Crippen LogP contribution in [-0.4, -0.2) is 23.9 Å². The second-order valence-electron chi connectivity index (χ2n) is 8.49. The molecule has 6 nitrogen and oxygen atoms in total. The fourth-order valence-corrected chi connectivity index (χ4v) is 4.21. The number of carbonyl (C=O) groups is 1. The van der Waals surface area contributed by atoms with Gasteiger partial charge in [-0.25, -0.2) is 0 Å². The van der Waals surface area contributed by atoms with Crippen LogP contribution in [0, 0.1) is 0 Å². The molecular formula is C28H27NO5. The summed E-state index contributed by atoms with van der Waals surface area (Å²) >= 11 is 0. The zero-order chi connectivity index (χ0) is 23.3. The SMILES string of the molecule is O=C(Nc1ccccc1)C1=C[C@@H](c2ccc3c(c2)OCC3)C[C@@H](OCc2ccc(CO)cc2)O1. The third-order valence-corrected chi connectivity index (χ3v) is 6.10. The van der Waals surface area contributed by atoms with E-state index in [4.69, 9.17) is 14.2 Å². The van der Waals surface area contributed by atoms with Crippen molar-refractivity contribution in [1.29, 1.82) is 0 Å². The predicted octanol–water partition coefficient (Wildman–Crippen LogP) is 4.68. The summed E-state index contributed by atoms with van der Waals surface area (Å²) < 4.78 is 17.8. The van der Waals surface area contributed by atoms with Gasteiger partial charge in [-0.3, -0.25) is 4.79 Å². The van der Waals surface area contributed by atoms with Gasteiger partial charge in [-0.1, -0.05) is 54.6 Å². The van der Waals surface area contributed by atoms with Gasteiger partial charge in [-0.05, 0) is 46.5 Å². The van der Waals surface area contributed by atoms with Crippen molar-refractivity contribution >= 4 is 11.6 Å². The second kappa shape index (κ2) is 10.1. The van der Waals surface area contributed by atoms with Crippen LogP contribution in [0.4, 0.5) is 5.69 Å². The highest BCUT2D eigenvalue weighted by Crippen LogP contribution is 2.36. The van der Waals surface area contributed by atoms with Crippen molar-refractivity contribution in [2.45, 2.75) is 38.3 Å². The smallest absolute Gasteiger partial charge is 0.290 e. The van der Waals surface area contributed by atoms with E-state index in [1.165, 1.54) is 5.56 Å².